The number of para-hydroxylation sites is 1. The molecule has 3 nitrogen and oxygen atoms in total. The van der Waals surface area contributed by atoms with Crippen molar-refractivity contribution in [3.05, 3.63) is 88.5 Å². The largest absolute Gasteiger partial charge is 0.496 e. The monoisotopic (exact) mass is 376 g/mol. The molecule has 3 aromatic rings. The highest BCUT2D eigenvalue weighted by molar-refractivity contribution is 5.46. The Kier molecular flexibility index (Phi) is 6.25. The van der Waals surface area contributed by atoms with Crippen LogP contribution >= 0.6 is 0 Å². The molecule has 0 unspecified atom stereocenters. The summed E-state index contributed by atoms with van der Waals surface area (Å²) < 4.78 is 16.5. The Labute approximate surface area is 167 Å². The third-order valence-corrected chi connectivity index (χ3v) is 5.26. The molecule has 0 aliphatic carbocycles. The zero-order valence-electron chi connectivity index (χ0n) is 17.3. The van der Waals surface area contributed by atoms with Crippen molar-refractivity contribution in [1.82, 2.24) is 0 Å². The number of aryl methyl sites for hydroxylation is 2. The first-order valence-corrected chi connectivity index (χ1v) is 9.48. The second-order valence-corrected chi connectivity index (χ2v) is 7.03. The molecule has 0 atom stereocenters. The average Bonchev–Trinajstić information content (AvgIpc) is 2.72. The van der Waals surface area contributed by atoms with E-state index in [1.165, 1.54) is 16.7 Å². The fraction of sp³-hybridized carbons (Fsp3) is 0.280. The van der Waals surface area contributed by atoms with Crippen molar-refractivity contribution in [1.29, 1.82) is 0 Å². The number of methoxy groups -OCH3 is 3. The predicted octanol–water partition coefficient (Wildman–Crippen LogP) is 5.70. The summed E-state index contributed by atoms with van der Waals surface area (Å²) >= 11 is 0. The Balaban J connectivity index is 2.08. The van der Waals surface area contributed by atoms with Crippen molar-refractivity contribution >= 4 is 0 Å². The van der Waals surface area contributed by atoms with Crippen molar-refractivity contribution in [2.75, 3.05) is 21.3 Å². The molecular weight excluding hydrogens is 348 g/mol. The summed E-state index contributed by atoms with van der Waals surface area (Å²) in [6.07, 6.45) is 0.849. The molecule has 0 aliphatic rings. The van der Waals surface area contributed by atoms with Gasteiger partial charge in [0.2, 0.25) is 0 Å². The lowest BCUT2D eigenvalue weighted by Crippen LogP contribution is -2.07. The van der Waals surface area contributed by atoms with Gasteiger partial charge in [-0.3, -0.25) is 0 Å². The third-order valence-electron chi connectivity index (χ3n) is 5.26. The predicted molar refractivity (Wildman–Crippen MR) is 114 cm³/mol. The zero-order chi connectivity index (χ0) is 20.1. The molecule has 3 heteroatoms. The highest BCUT2D eigenvalue weighted by Gasteiger charge is 2.19. The first-order chi connectivity index (χ1) is 13.6. The number of hydrogen-bond acceptors (Lipinski definition) is 3. The van der Waals surface area contributed by atoms with Gasteiger partial charge in [-0.05, 0) is 66.3 Å². The lowest BCUT2D eigenvalue weighted by molar-refractivity contribution is 0.408. The second kappa shape index (κ2) is 8.83. The van der Waals surface area contributed by atoms with E-state index in [-0.39, 0.29) is 5.92 Å². The number of rotatable bonds is 7. The smallest absolute Gasteiger partial charge is 0.122 e. The summed E-state index contributed by atoms with van der Waals surface area (Å²) in [5.74, 6) is 2.94. The van der Waals surface area contributed by atoms with Crippen molar-refractivity contribution in [2.45, 2.75) is 26.2 Å². The molecule has 3 aromatic carbocycles. The Morgan fingerprint density at radius 3 is 1.61 bits per heavy atom. The molecule has 0 spiro atoms. The SMILES string of the molecule is COc1ccc(C(Cc2ccccc2OC)c2ccc(OC)c(C)c2)cc1C. The molecule has 146 valence electrons. The van der Waals surface area contributed by atoms with Gasteiger partial charge in [-0.25, -0.2) is 0 Å². The normalized spacial score (nSPS) is 10.8. The van der Waals surface area contributed by atoms with E-state index in [9.17, 15) is 0 Å². The number of ether oxygens (including phenoxy) is 3. The van der Waals surface area contributed by atoms with Crippen molar-refractivity contribution in [3.8, 4) is 17.2 Å². The highest BCUT2D eigenvalue weighted by atomic mass is 16.5. The van der Waals surface area contributed by atoms with E-state index in [1.807, 2.05) is 12.1 Å². The van der Waals surface area contributed by atoms with Crippen LogP contribution in [-0.2, 0) is 6.42 Å². The lowest BCUT2D eigenvalue weighted by Gasteiger charge is -2.22. The van der Waals surface area contributed by atoms with Crippen molar-refractivity contribution in [2.24, 2.45) is 0 Å². The van der Waals surface area contributed by atoms with Gasteiger partial charge < -0.3 is 14.2 Å². The lowest BCUT2D eigenvalue weighted by atomic mass is 9.84. The molecule has 0 aromatic heterocycles. The van der Waals surface area contributed by atoms with Gasteiger partial charge in [-0.15, -0.1) is 0 Å². The molecule has 0 N–H and O–H groups in total. The van der Waals surface area contributed by atoms with Crippen LogP contribution in [0.1, 0.15) is 33.7 Å². The van der Waals surface area contributed by atoms with E-state index in [0.29, 0.717) is 0 Å². The van der Waals surface area contributed by atoms with Crippen LogP contribution < -0.4 is 14.2 Å². The zero-order valence-corrected chi connectivity index (χ0v) is 17.3. The minimum Gasteiger partial charge on any atom is -0.496 e. The molecule has 0 aliphatic heterocycles. The van der Waals surface area contributed by atoms with Gasteiger partial charge in [-0.1, -0.05) is 42.5 Å². The van der Waals surface area contributed by atoms with E-state index < -0.39 is 0 Å². The quantitative estimate of drug-likeness (QED) is 0.529. The minimum absolute atomic E-state index is 0.200. The Morgan fingerprint density at radius 1 is 0.643 bits per heavy atom. The molecule has 0 saturated heterocycles. The van der Waals surface area contributed by atoms with Crippen molar-refractivity contribution in [3.63, 3.8) is 0 Å². The molecule has 0 fully saturated rings. The summed E-state index contributed by atoms with van der Waals surface area (Å²) in [5.41, 5.74) is 5.98. The van der Waals surface area contributed by atoms with E-state index >= 15 is 0 Å². The van der Waals surface area contributed by atoms with Gasteiger partial charge in [0.1, 0.15) is 17.2 Å². The van der Waals surface area contributed by atoms with Crippen molar-refractivity contribution < 1.29 is 14.2 Å². The Bertz CT molecular complexity index is 893. The van der Waals surface area contributed by atoms with Gasteiger partial charge in [0, 0.05) is 5.92 Å². The van der Waals surface area contributed by atoms with Gasteiger partial charge >= 0.3 is 0 Å². The van der Waals surface area contributed by atoms with Gasteiger partial charge in [0.25, 0.3) is 0 Å². The molecule has 0 radical (unpaired) electrons. The highest BCUT2D eigenvalue weighted by Crippen LogP contribution is 2.35. The van der Waals surface area contributed by atoms with Crippen LogP contribution in [0.4, 0.5) is 0 Å². The molecule has 28 heavy (non-hydrogen) atoms. The maximum atomic E-state index is 5.60. The molecular formula is C25H28O3. The van der Waals surface area contributed by atoms with Crippen LogP contribution in [-0.4, -0.2) is 21.3 Å². The van der Waals surface area contributed by atoms with Gasteiger partial charge in [-0.2, -0.15) is 0 Å². The Hall–Kier alpha value is -2.94. The topological polar surface area (TPSA) is 27.7 Å². The minimum atomic E-state index is 0.200. The van der Waals surface area contributed by atoms with E-state index in [1.54, 1.807) is 21.3 Å². The Morgan fingerprint density at radius 2 is 1.14 bits per heavy atom. The third kappa shape index (κ3) is 4.14. The maximum Gasteiger partial charge on any atom is 0.122 e. The van der Waals surface area contributed by atoms with E-state index in [4.69, 9.17) is 14.2 Å². The van der Waals surface area contributed by atoms with E-state index in [2.05, 4.69) is 62.4 Å². The summed E-state index contributed by atoms with van der Waals surface area (Å²) in [7, 11) is 5.14. The van der Waals surface area contributed by atoms with Gasteiger partial charge in [0.15, 0.2) is 0 Å². The first kappa shape index (κ1) is 19.8. The molecule has 0 heterocycles. The summed E-state index contributed by atoms with van der Waals surface area (Å²) in [6.45, 7) is 4.17. The first-order valence-electron chi connectivity index (χ1n) is 9.48. The number of benzene rings is 3. The fourth-order valence-corrected chi connectivity index (χ4v) is 3.76. The second-order valence-electron chi connectivity index (χ2n) is 7.03. The van der Waals surface area contributed by atoms with Crippen LogP contribution in [0.15, 0.2) is 60.7 Å². The molecule has 0 amide bonds. The summed E-state index contributed by atoms with van der Waals surface area (Å²) in [4.78, 5) is 0. The standard InChI is InChI=1S/C25H28O3/c1-17-14-19(10-12-23(17)26-3)22(16-21-8-6-7-9-25(21)28-5)20-11-13-24(27-4)18(2)15-20/h6-15,22H,16H2,1-5H3. The maximum absolute atomic E-state index is 5.60. The van der Waals surface area contributed by atoms with Gasteiger partial charge in [0.05, 0.1) is 21.3 Å². The van der Waals surface area contributed by atoms with Crippen LogP contribution in [0.25, 0.3) is 0 Å². The molecule has 0 saturated carbocycles. The summed E-state index contributed by atoms with van der Waals surface area (Å²) in [6, 6.07) is 21.1. The number of hydrogen-bond donors (Lipinski definition) is 0. The van der Waals surface area contributed by atoms with Crippen LogP contribution in [0.5, 0.6) is 17.2 Å². The van der Waals surface area contributed by atoms with Crippen LogP contribution in [0, 0.1) is 13.8 Å². The fourth-order valence-electron chi connectivity index (χ4n) is 3.76. The van der Waals surface area contributed by atoms with Crippen LogP contribution in [0.3, 0.4) is 0 Å². The molecule has 0 bridgehead atoms. The van der Waals surface area contributed by atoms with Crippen LogP contribution in [0.2, 0.25) is 0 Å². The van der Waals surface area contributed by atoms with E-state index in [0.717, 1.165) is 34.8 Å². The average molecular weight is 376 g/mol. The summed E-state index contributed by atoms with van der Waals surface area (Å²) in [5, 5.41) is 0. The molecule has 3 rings (SSSR count).